The molecule has 0 radical (unpaired) electrons. The summed E-state index contributed by atoms with van der Waals surface area (Å²) in [6.45, 7) is 0.686. The molecule has 4 rings (SSSR count). The van der Waals surface area contributed by atoms with Crippen LogP contribution in [0.1, 0.15) is 40.0 Å². The Kier molecular flexibility index (Phi) is 8.67. The van der Waals surface area contributed by atoms with Gasteiger partial charge in [0, 0.05) is 31.5 Å². The van der Waals surface area contributed by atoms with Crippen LogP contribution in [0.2, 0.25) is 0 Å². The molecule has 6 N–H and O–H groups in total. The molecule has 0 bridgehead atoms. The molecule has 2 aromatic carbocycles. The molecule has 16 heteroatoms. The average molecular weight is 605 g/mol. The first-order valence-electron chi connectivity index (χ1n) is 12.5. The van der Waals surface area contributed by atoms with Gasteiger partial charge < -0.3 is 25.7 Å². The Morgan fingerprint density at radius 3 is 2.19 bits per heavy atom. The highest BCUT2D eigenvalue weighted by molar-refractivity contribution is 7.92. The first kappa shape index (κ1) is 30.3. The molecule has 1 fully saturated rings. The van der Waals surface area contributed by atoms with Crippen molar-refractivity contribution in [3.05, 3.63) is 77.6 Å². The molecular weight excluding hydrogens is 578 g/mol. The second-order valence-corrected chi connectivity index (χ2v) is 11.7. The lowest BCUT2D eigenvalue weighted by Crippen LogP contribution is -2.62. The fourth-order valence-electron chi connectivity index (χ4n) is 4.46. The van der Waals surface area contributed by atoms with Gasteiger partial charge >= 0.3 is 11.9 Å². The highest BCUT2D eigenvalue weighted by Crippen LogP contribution is 2.29. The topological polar surface area (TPSA) is 205 Å². The van der Waals surface area contributed by atoms with Gasteiger partial charge in [-0.2, -0.15) is 0 Å². The van der Waals surface area contributed by atoms with Crippen LogP contribution < -0.4 is 21.3 Å². The summed E-state index contributed by atoms with van der Waals surface area (Å²) in [5, 5.41) is 23.3. The van der Waals surface area contributed by atoms with Crippen molar-refractivity contribution in [2.75, 3.05) is 23.3 Å². The van der Waals surface area contributed by atoms with E-state index in [0.29, 0.717) is 31.9 Å². The maximum absolute atomic E-state index is 15.2. The first-order valence-corrected chi connectivity index (χ1v) is 14.0. The third kappa shape index (κ3) is 6.28. The molecule has 222 valence electrons. The zero-order valence-corrected chi connectivity index (χ0v) is 22.6. The number of anilines is 2. The van der Waals surface area contributed by atoms with Crippen LogP contribution in [0.3, 0.4) is 0 Å². The van der Waals surface area contributed by atoms with Gasteiger partial charge in [0.1, 0.15) is 0 Å². The molecule has 1 saturated heterocycles. The van der Waals surface area contributed by atoms with Gasteiger partial charge in [-0.3, -0.25) is 15.3 Å². The molecular formula is C26H26F2N6O7S. The van der Waals surface area contributed by atoms with Crippen molar-refractivity contribution in [1.29, 1.82) is 0 Å². The standard InChI is InChI=1S/C26H26F2N6O7S/c27-21-18(6-7-19(22(21)28)34-12-8-16(9-13-34)32-25-30-10-1-11-31-25)23(37)33-26(29,14-20(35)36)42(40,41)17-4-2-15(3-5-17)24(38)39/h1-7,10-11,16H,8-9,12-14,29H2,(H,33,37)(H,35,36)(H,38,39)(H,30,31,32). The molecule has 0 saturated carbocycles. The number of carbonyl (C=O) groups is 3. The number of aromatic carboxylic acids is 1. The van der Waals surface area contributed by atoms with Crippen LogP contribution in [-0.2, 0) is 14.6 Å². The van der Waals surface area contributed by atoms with E-state index in [1.807, 2.05) is 5.32 Å². The van der Waals surface area contributed by atoms with E-state index in [1.165, 1.54) is 0 Å². The van der Waals surface area contributed by atoms with Crippen LogP contribution in [0.4, 0.5) is 20.4 Å². The van der Waals surface area contributed by atoms with E-state index in [0.717, 1.165) is 36.4 Å². The Labute approximate surface area is 238 Å². The summed E-state index contributed by atoms with van der Waals surface area (Å²) in [7, 11) is -4.88. The van der Waals surface area contributed by atoms with Gasteiger partial charge in [-0.25, -0.2) is 32.0 Å². The highest BCUT2D eigenvalue weighted by atomic mass is 32.2. The summed E-state index contributed by atoms with van der Waals surface area (Å²) in [5.41, 5.74) is 4.62. The number of piperidine rings is 1. The number of nitrogens with one attached hydrogen (secondary N) is 2. The van der Waals surface area contributed by atoms with Crippen LogP contribution >= 0.6 is 0 Å². The van der Waals surface area contributed by atoms with Crippen molar-refractivity contribution in [3.8, 4) is 0 Å². The number of carbonyl (C=O) groups excluding carboxylic acids is 1. The van der Waals surface area contributed by atoms with Gasteiger partial charge in [0.15, 0.2) is 11.6 Å². The predicted octanol–water partition coefficient (Wildman–Crippen LogP) is 1.82. The van der Waals surface area contributed by atoms with Crippen molar-refractivity contribution < 1.29 is 41.8 Å². The first-order chi connectivity index (χ1) is 19.8. The van der Waals surface area contributed by atoms with Crippen molar-refractivity contribution in [1.82, 2.24) is 15.3 Å². The number of hydrogen-bond donors (Lipinski definition) is 5. The normalized spacial score (nSPS) is 15.5. The van der Waals surface area contributed by atoms with Gasteiger partial charge in [0.05, 0.1) is 28.1 Å². The van der Waals surface area contributed by atoms with Crippen LogP contribution in [0, 0.1) is 11.6 Å². The van der Waals surface area contributed by atoms with Crippen LogP contribution in [-0.4, -0.2) is 70.6 Å². The SMILES string of the molecule is NC(CC(=O)O)(NC(=O)c1ccc(N2CCC(Nc3ncccn3)CC2)c(F)c1F)S(=O)(=O)c1ccc(C(=O)O)cc1. The lowest BCUT2D eigenvalue weighted by Gasteiger charge is -2.34. The fraction of sp³-hybridized carbons (Fsp3) is 0.269. The molecule has 13 nitrogen and oxygen atoms in total. The largest absolute Gasteiger partial charge is 0.481 e. The predicted molar refractivity (Wildman–Crippen MR) is 144 cm³/mol. The number of aliphatic carboxylic acids is 1. The molecule has 1 aliphatic heterocycles. The molecule has 3 aromatic rings. The Bertz CT molecular complexity index is 1600. The summed E-state index contributed by atoms with van der Waals surface area (Å²) in [5.74, 6) is -7.03. The maximum atomic E-state index is 15.2. The minimum absolute atomic E-state index is 0.00389. The Morgan fingerprint density at radius 2 is 1.62 bits per heavy atom. The quantitative estimate of drug-likeness (QED) is 0.210. The van der Waals surface area contributed by atoms with Crippen molar-refractivity contribution in [2.45, 2.75) is 35.2 Å². The number of amides is 1. The van der Waals surface area contributed by atoms with Crippen molar-refractivity contribution >= 4 is 39.3 Å². The number of carboxylic acids is 2. The number of hydrogen-bond acceptors (Lipinski definition) is 10. The molecule has 1 unspecified atom stereocenters. The summed E-state index contributed by atoms with van der Waals surface area (Å²) < 4.78 is 56.8. The van der Waals surface area contributed by atoms with E-state index in [9.17, 15) is 27.9 Å². The van der Waals surface area contributed by atoms with Gasteiger partial charge in [-0.15, -0.1) is 0 Å². The summed E-state index contributed by atoms with van der Waals surface area (Å²) in [4.78, 5) is 41.7. The molecule has 1 amide bonds. The van der Waals surface area contributed by atoms with Crippen molar-refractivity contribution in [3.63, 3.8) is 0 Å². The van der Waals surface area contributed by atoms with Crippen molar-refractivity contribution in [2.24, 2.45) is 5.73 Å². The number of sulfone groups is 1. The average Bonchev–Trinajstić information content (AvgIpc) is 2.95. The summed E-state index contributed by atoms with van der Waals surface area (Å²) in [6.07, 6.45) is 2.94. The number of nitrogens with zero attached hydrogens (tertiary/aromatic N) is 3. The number of halogens is 2. The number of nitrogens with two attached hydrogens (primary N) is 1. The van der Waals surface area contributed by atoms with E-state index in [-0.39, 0.29) is 17.3 Å². The van der Waals surface area contributed by atoms with E-state index in [2.05, 4.69) is 15.3 Å². The lowest BCUT2D eigenvalue weighted by molar-refractivity contribution is -0.137. The zero-order chi connectivity index (χ0) is 30.7. The fourth-order valence-corrected chi connectivity index (χ4v) is 5.91. The second-order valence-electron chi connectivity index (χ2n) is 9.49. The summed E-state index contributed by atoms with van der Waals surface area (Å²) in [6, 6.07) is 7.41. The number of carboxylic acid groups (broad SMARTS) is 2. The van der Waals surface area contributed by atoms with Crippen LogP contribution in [0.25, 0.3) is 0 Å². The maximum Gasteiger partial charge on any atom is 0.335 e. The van der Waals surface area contributed by atoms with Crippen LogP contribution in [0.15, 0.2) is 59.8 Å². The highest BCUT2D eigenvalue weighted by Gasteiger charge is 2.45. The third-order valence-corrected chi connectivity index (χ3v) is 8.77. The molecule has 42 heavy (non-hydrogen) atoms. The van der Waals surface area contributed by atoms with Gasteiger partial charge in [0.25, 0.3) is 5.91 Å². The lowest BCUT2D eigenvalue weighted by atomic mass is 10.0. The number of aromatic nitrogens is 2. The molecule has 0 spiro atoms. The van der Waals surface area contributed by atoms with Gasteiger partial charge in [0.2, 0.25) is 20.8 Å². The third-order valence-electron chi connectivity index (χ3n) is 6.67. The number of rotatable bonds is 10. The number of benzene rings is 2. The van der Waals surface area contributed by atoms with Gasteiger partial charge in [-0.1, -0.05) is 0 Å². The molecule has 1 aromatic heterocycles. The molecule has 1 atom stereocenters. The smallest absolute Gasteiger partial charge is 0.335 e. The zero-order valence-electron chi connectivity index (χ0n) is 21.8. The minimum atomic E-state index is -4.88. The summed E-state index contributed by atoms with van der Waals surface area (Å²) >= 11 is 0. The second kappa shape index (κ2) is 12.0. The molecule has 0 aliphatic carbocycles. The molecule has 1 aliphatic rings. The Hall–Kier alpha value is -4.70. The van der Waals surface area contributed by atoms with Crippen LogP contribution in [0.5, 0.6) is 0 Å². The van der Waals surface area contributed by atoms with E-state index in [4.69, 9.17) is 10.8 Å². The minimum Gasteiger partial charge on any atom is -0.481 e. The van der Waals surface area contributed by atoms with Gasteiger partial charge in [-0.05, 0) is 55.3 Å². The van der Waals surface area contributed by atoms with E-state index < -0.39 is 61.2 Å². The monoisotopic (exact) mass is 604 g/mol. The Morgan fingerprint density at radius 1 is 1.00 bits per heavy atom. The molecule has 2 heterocycles. The Balaban J connectivity index is 1.52. The van der Waals surface area contributed by atoms with E-state index >= 15 is 8.78 Å². The van der Waals surface area contributed by atoms with E-state index in [1.54, 1.807) is 23.4 Å².